The summed E-state index contributed by atoms with van der Waals surface area (Å²) in [4.78, 5) is 22.1. The molecule has 3 heterocycles. The van der Waals surface area contributed by atoms with Crippen LogP contribution in [0.4, 0.5) is 0 Å². The third-order valence-electron chi connectivity index (χ3n) is 3.96. The first kappa shape index (κ1) is 16.9. The van der Waals surface area contributed by atoms with E-state index in [-0.39, 0.29) is 5.56 Å². The summed E-state index contributed by atoms with van der Waals surface area (Å²) in [6.07, 6.45) is 5.63. The molecule has 0 saturated heterocycles. The minimum Gasteiger partial charge on any atom is -0.307 e. The zero-order chi connectivity index (χ0) is 18.1. The second kappa shape index (κ2) is 6.97. The van der Waals surface area contributed by atoms with Gasteiger partial charge in [0, 0.05) is 29.7 Å². The number of pyridine rings is 1. The van der Waals surface area contributed by atoms with Gasteiger partial charge in [0.25, 0.3) is 5.56 Å². The van der Waals surface area contributed by atoms with Gasteiger partial charge in [-0.15, -0.1) is 6.58 Å². The molecule has 0 bridgehead atoms. The predicted molar refractivity (Wildman–Crippen MR) is 106 cm³/mol. The average molecular weight is 383 g/mol. The number of rotatable bonds is 5. The molecule has 0 atom stereocenters. The van der Waals surface area contributed by atoms with Crippen molar-refractivity contribution in [2.24, 2.45) is 0 Å². The summed E-state index contributed by atoms with van der Waals surface area (Å²) >= 11 is 7.51. The Morgan fingerprint density at radius 2 is 2.12 bits per heavy atom. The Morgan fingerprint density at radius 3 is 2.92 bits per heavy atom. The maximum atomic E-state index is 12.8. The van der Waals surface area contributed by atoms with Crippen molar-refractivity contribution in [2.75, 3.05) is 0 Å². The maximum Gasteiger partial charge on any atom is 0.262 e. The molecule has 0 aliphatic rings. The number of thioether (sulfide) groups is 1. The van der Waals surface area contributed by atoms with Gasteiger partial charge in [0.05, 0.1) is 16.6 Å². The summed E-state index contributed by atoms with van der Waals surface area (Å²) in [5.74, 6) is 0.615. The van der Waals surface area contributed by atoms with E-state index in [9.17, 15) is 4.79 Å². The standard InChI is InChI=1S/C19H15ClN4OS/c1-2-8-24-18(25)15-10-13(20)6-7-16(15)22-19(24)26-12-14-11-23-9-4-3-5-17(23)21-14/h2-7,9-11H,1,8,12H2. The first-order chi connectivity index (χ1) is 12.7. The van der Waals surface area contributed by atoms with Crippen molar-refractivity contribution in [3.63, 3.8) is 0 Å². The molecule has 0 radical (unpaired) electrons. The Hall–Kier alpha value is -2.57. The SMILES string of the molecule is C=CCn1c(SCc2cn3ccccc3n2)nc2ccc(Cl)cc2c1=O. The van der Waals surface area contributed by atoms with Gasteiger partial charge in [-0.3, -0.25) is 9.36 Å². The molecule has 4 aromatic rings. The summed E-state index contributed by atoms with van der Waals surface area (Å²) in [6.45, 7) is 4.14. The predicted octanol–water partition coefficient (Wildman–Crippen LogP) is 4.18. The van der Waals surface area contributed by atoms with Gasteiger partial charge in [0.2, 0.25) is 0 Å². The number of hydrogen-bond donors (Lipinski definition) is 0. The number of aromatic nitrogens is 4. The van der Waals surface area contributed by atoms with Gasteiger partial charge >= 0.3 is 0 Å². The highest BCUT2D eigenvalue weighted by atomic mass is 35.5. The lowest BCUT2D eigenvalue weighted by molar-refractivity contribution is 0.671. The second-order valence-electron chi connectivity index (χ2n) is 5.75. The molecule has 5 nitrogen and oxygen atoms in total. The normalized spacial score (nSPS) is 11.3. The minimum atomic E-state index is -0.116. The van der Waals surface area contributed by atoms with Crippen LogP contribution in [0, 0.1) is 0 Å². The number of benzene rings is 1. The molecule has 0 N–H and O–H groups in total. The topological polar surface area (TPSA) is 52.2 Å². The molecule has 7 heteroatoms. The number of hydrogen-bond acceptors (Lipinski definition) is 4. The second-order valence-corrected chi connectivity index (χ2v) is 7.13. The Bertz CT molecular complexity index is 1150. The average Bonchev–Trinajstić information content (AvgIpc) is 3.06. The van der Waals surface area contributed by atoms with E-state index in [4.69, 9.17) is 11.6 Å². The van der Waals surface area contributed by atoms with E-state index >= 15 is 0 Å². The highest BCUT2D eigenvalue weighted by Gasteiger charge is 2.12. The number of nitrogens with zero attached hydrogens (tertiary/aromatic N) is 4. The number of halogens is 1. The van der Waals surface area contributed by atoms with Crippen molar-refractivity contribution >= 4 is 39.9 Å². The van der Waals surface area contributed by atoms with Crippen LogP contribution in [0.1, 0.15) is 5.69 Å². The van der Waals surface area contributed by atoms with Gasteiger partial charge in [-0.1, -0.05) is 35.5 Å². The molecule has 130 valence electrons. The van der Waals surface area contributed by atoms with E-state index in [2.05, 4.69) is 16.5 Å². The lowest BCUT2D eigenvalue weighted by atomic mass is 10.2. The van der Waals surface area contributed by atoms with E-state index in [0.717, 1.165) is 11.3 Å². The molecule has 0 spiro atoms. The van der Waals surface area contributed by atoms with Crippen LogP contribution < -0.4 is 5.56 Å². The molecule has 0 aliphatic heterocycles. The van der Waals surface area contributed by atoms with Crippen LogP contribution >= 0.6 is 23.4 Å². The van der Waals surface area contributed by atoms with Crippen molar-refractivity contribution < 1.29 is 0 Å². The quantitative estimate of drug-likeness (QED) is 0.295. The van der Waals surface area contributed by atoms with Crippen LogP contribution in [0.25, 0.3) is 16.6 Å². The van der Waals surface area contributed by atoms with Gasteiger partial charge in [0.1, 0.15) is 5.65 Å². The molecule has 3 aromatic heterocycles. The molecule has 0 aliphatic carbocycles. The minimum absolute atomic E-state index is 0.116. The van der Waals surface area contributed by atoms with E-state index in [1.807, 2.05) is 35.0 Å². The van der Waals surface area contributed by atoms with E-state index < -0.39 is 0 Å². The van der Waals surface area contributed by atoms with Crippen molar-refractivity contribution in [1.82, 2.24) is 18.9 Å². The van der Waals surface area contributed by atoms with Crippen LogP contribution in [-0.4, -0.2) is 18.9 Å². The van der Waals surface area contributed by atoms with E-state index in [1.165, 1.54) is 11.8 Å². The van der Waals surface area contributed by atoms with E-state index in [0.29, 0.717) is 33.4 Å². The lowest BCUT2D eigenvalue weighted by Crippen LogP contribution is -2.22. The molecule has 26 heavy (non-hydrogen) atoms. The summed E-state index contributed by atoms with van der Waals surface area (Å²) in [5.41, 5.74) is 2.34. The third-order valence-corrected chi connectivity index (χ3v) is 5.20. The zero-order valence-electron chi connectivity index (χ0n) is 13.8. The zero-order valence-corrected chi connectivity index (χ0v) is 15.4. The highest BCUT2D eigenvalue weighted by Crippen LogP contribution is 2.23. The summed E-state index contributed by atoms with van der Waals surface area (Å²) in [7, 11) is 0. The Balaban J connectivity index is 1.72. The fourth-order valence-corrected chi connectivity index (χ4v) is 3.83. The van der Waals surface area contributed by atoms with Crippen molar-refractivity contribution in [1.29, 1.82) is 0 Å². The number of allylic oxidation sites excluding steroid dienone is 1. The van der Waals surface area contributed by atoms with Crippen LogP contribution in [0.5, 0.6) is 0 Å². The van der Waals surface area contributed by atoms with Gasteiger partial charge in [0.15, 0.2) is 5.16 Å². The molecule has 0 amide bonds. The Kier molecular flexibility index (Phi) is 4.53. The molecule has 0 fully saturated rings. The molecule has 0 unspecified atom stereocenters. The van der Waals surface area contributed by atoms with Crippen molar-refractivity contribution in [2.45, 2.75) is 17.5 Å². The Labute approximate surface area is 159 Å². The van der Waals surface area contributed by atoms with Gasteiger partial charge in [-0.25, -0.2) is 9.97 Å². The lowest BCUT2D eigenvalue weighted by Gasteiger charge is -2.11. The van der Waals surface area contributed by atoms with Gasteiger partial charge < -0.3 is 4.40 Å². The third kappa shape index (κ3) is 3.13. The van der Waals surface area contributed by atoms with E-state index in [1.54, 1.807) is 28.8 Å². The summed E-state index contributed by atoms with van der Waals surface area (Å²) in [5, 5.41) is 1.67. The maximum absolute atomic E-state index is 12.8. The van der Waals surface area contributed by atoms with Crippen LogP contribution in [0.3, 0.4) is 0 Å². The fraction of sp³-hybridized carbons (Fsp3) is 0.105. The van der Waals surface area contributed by atoms with Crippen molar-refractivity contribution in [3.8, 4) is 0 Å². The molecule has 4 rings (SSSR count). The van der Waals surface area contributed by atoms with Gasteiger partial charge in [-0.05, 0) is 30.3 Å². The first-order valence-corrected chi connectivity index (χ1v) is 9.38. The number of imidazole rings is 1. The van der Waals surface area contributed by atoms with Crippen molar-refractivity contribution in [3.05, 3.63) is 82.5 Å². The first-order valence-electron chi connectivity index (χ1n) is 8.02. The smallest absolute Gasteiger partial charge is 0.262 e. The van der Waals surface area contributed by atoms with Gasteiger partial charge in [-0.2, -0.15) is 0 Å². The monoisotopic (exact) mass is 382 g/mol. The summed E-state index contributed by atoms with van der Waals surface area (Å²) < 4.78 is 3.59. The summed E-state index contributed by atoms with van der Waals surface area (Å²) in [6, 6.07) is 11.0. The van der Waals surface area contributed by atoms with Crippen LogP contribution in [0.2, 0.25) is 5.02 Å². The van der Waals surface area contributed by atoms with Crippen LogP contribution in [-0.2, 0) is 12.3 Å². The fourth-order valence-electron chi connectivity index (χ4n) is 2.77. The molecule has 1 aromatic carbocycles. The molecule has 0 saturated carbocycles. The Morgan fingerprint density at radius 1 is 1.23 bits per heavy atom. The number of fused-ring (bicyclic) bond motifs is 2. The molecular weight excluding hydrogens is 368 g/mol. The molecular formula is C19H15ClN4OS. The van der Waals surface area contributed by atoms with Crippen LogP contribution in [0.15, 0.2) is 71.4 Å². The largest absolute Gasteiger partial charge is 0.307 e. The highest BCUT2D eigenvalue weighted by molar-refractivity contribution is 7.98.